The van der Waals surface area contributed by atoms with E-state index in [9.17, 15) is 23.9 Å². The van der Waals surface area contributed by atoms with E-state index in [0.717, 1.165) is 0 Å². The lowest BCUT2D eigenvalue weighted by atomic mass is 9.96. The van der Waals surface area contributed by atoms with Crippen molar-refractivity contribution in [1.29, 1.82) is 0 Å². The van der Waals surface area contributed by atoms with Gasteiger partial charge >= 0.3 is 15.6 Å². The summed E-state index contributed by atoms with van der Waals surface area (Å²) in [6, 6.07) is 0. The summed E-state index contributed by atoms with van der Waals surface area (Å²) in [7, 11) is -10.3. The van der Waals surface area contributed by atoms with Crippen LogP contribution in [0.4, 0.5) is 0 Å². The summed E-state index contributed by atoms with van der Waals surface area (Å²) in [5.41, 5.74) is 0. The fraction of sp³-hybridized carbons (Fsp3) is 0.600. The van der Waals surface area contributed by atoms with Gasteiger partial charge in [0.1, 0.15) is 6.10 Å². The molecule has 0 bridgehead atoms. The fourth-order valence-corrected chi connectivity index (χ4v) is 3.90. The number of amides is 1. The van der Waals surface area contributed by atoms with E-state index < -0.39 is 52.4 Å². The van der Waals surface area contributed by atoms with Gasteiger partial charge in [0.2, 0.25) is 5.90 Å². The Bertz CT molecular complexity index is 674. The monoisotopic (exact) mass is 402 g/mol. The van der Waals surface area contributed by atoms with E-state index >= 15 is 0 Å². The Morgan fingerprint density at radius 3 is 2.60 bits per heavy atom. The lowest BCUT2D eigenvalue weighted by Gasteiger charge is -2.20. The number of carbonyl (C=O) groups is 1. The lowest BCUT2D eigenvalue weighted by molar-refractivity contribution is -0.125. The maximum Gasteiger partial charge on any atom is 0.481 e. The Balaban J connectivity index is 1.93. The van der Waals surface area contributed by atoms with E-state index in [1.807, 2.05) is 0 Å². The van der Waals surface area contributed by atoms with Crippen LogP contribution in [0.2, 0.25) is 0 Å². The number of phosphoric acid groups is 2. The van der Waals surface area contributed by atoms with Crippen LogP contribution < -0.4 is 5.90 Å². The highest BCUT2D eigenvalue weighted by molar-refractivity contribution is 7.60. The number of phosphoric ester groups is 1. The molecule has 0 saturated carbocycles. The molecule has 1 fully saturated rings. The zero-order valence-corrected chi connectivity index (χ0v) is 14.2. The van der Waals surface area contributed by atoms with Crippen molar-refractivity contribution in [3.63, 3.8) is 0 Å². The van der Waals surface area contributed by atoms with Crippen LogP contribution in [-0.4, -0.2) is 56.5 Å². The van der Waals surface area contributed by atoms with Gasteiger partial charge < -0.3 is 29.4 Å². The molecule has 1 amide bonds. The molecule has 2 heterocycles. The van der Waals surface area contributed by atoms with Gasteiger partial charge in [-0.1, -0.05) is 6.08 Å². The van der Waals surface area contributed by atoms with Gasteiger partial charge in [-0.05, 0) is 6.08 Å². The fourth-order valence-electron chi connectivity index (χ4n) is 2.31. The highest BCUT2D eigenvalue weighted by atomic mass is 31.3. The quantitative estimate of drug-likeness (QED) is 0.260. The number of hydrogen-bond donors (Lipinski definition) is 5. The minimum Gasteiger partial charge on any atom is -0.391 e. The van der Waals surface area contributed by atoms with Crippen LogP contribution >= 0.6 is 15.6 Å². The second-order valence-electron chi connectivity index (χ2n) is 5.14. The molecule has 15 heteroatoms. The van der Waals surface area contributed by atoms with Gasteiger partial charge in [0, 0.05) is 6.42 Å². The first-order chi connectivity index (χ1) is 11.5. The van der Waals surface area contributed by atoms with Crippen molar-refractivity contribution in [3.8, 4) is 0 Å². The Morgan fingerprint density at radius 2 is 2.04 bits per heavy atom. The van der Waals surface area contributed by atoms with Crippen LogP contribution in [0.5, 0.6) is 0 Å². The lowest BCUT2D eigenvalue weighted by Crippen LogP contribution is -2.30. The van der Waals surface area contributed by atoms with Gasteiger partial charge in [-0.15, -0.1) is 0 Å². The Hall–Kier alpha value is -0.980. The number of dihydropyridines is 1. The largest absolute Gasteiger partial charge is 0.481 e. The molecule has 1 saturated heterocycles. The number of hydrogen-bond acceptors (Lipinski definition) is 9. The summed E-state index contributed by atoms with van der Waals surface area (Å²) >= 11 is 0. The molecule has 5 atom stereocenters. The average Bonchev–Trinajstić information content (AvgIpc) is 2.83. The van der Waals surface area contributed by atoms with Crippen LogP contribution in [0.1, 0.15) is 6.42 Å². The third kappa shape index (κ3) is 5.76. The number of aliphatic imine (C=N–C) groups is 1. The highest BCUT2D eigenvalue weighted by Crippen LogP contribution is 2.57. The molecule has 0 aliphatic carbocycles. The third-order valence-electron chi connectivity index (χ3n) is 3.34. The van der Waals surface area contributed by atoms with Gasteiger partial charge in [0.25, 0.3) is 5.91 Å². The SMILES string of the molecule is NOC1=NC(=O)C(C2C[C@@H](O)C(COP(=O)(O)OP(=O)(O)O)O2)C=C1. The molecule has 0 aromatic heterocycles. The standard InChI is InChI=1S/C10H16N2O11P2/c11-22-9-2-1-5(10(14)12-9)7-3-6(13)8(21-7)4-20-25(18,19)23-24(15,16)17/h1-2,5-8,13H,3-4,11H2,(H,18,19)(H2,15,16,17)/t5?,6-,7?,8?/m1/s1. The van der Waals surface area contributed by atoms with Crippen molar-refractivity contribution in [2.75, 3.05) is 6.61 Å². The normalized spacial score (nSPS) is 32.4. The van der Waals surface area contributed by atoms with Crippen molar-refractivity contribution in [1.82, 2.24) is 0 Å². The molecule has 4 unspecified atom stereocenters. The van der Waals surface area contributed by atoms with E-state index in [4.69, 9.17) is 20.4 Å². The predicted molar refractivity (Wildman–Crippen MR) is 78.5 cm³/mol. The van der Waals surface area contributed by atoms with Gasteiger partial charge in [-0.2, -0.15) is 15.2 Å². The molecule has 25 heavy (non-hydrogen) atoms. The van der Waals surface area contributed by atoms with Gasteiger partial charge in [0.15, 0.2) is 0 Å². The number of nitrogens with zero attached hydrogens (tertiary/aromatic N) is 1. The van der Waals surface area contributed by atoms with Gasteiger partial charge in [-0.3, -0.25) is 9.32 Å². The molecular weight excluding hydrogens is 386 g/mol. The second kappa shape index (κ2) is 7.72. The number of ether oxygens (including phenoxy) is 1. The van der Waals surface area contributed by atoms with E-state index in [2.05, 4.69) is 18.7 Å². The average molecular weight is 402 g/mol. The number of aliphatic hydroxyl groups excluding tert-OH is 1. The van der Waals surface area contributed by atoms with E-state index in [0.29, 0.717) is 0 Å². The molecule has 2 aliphatic heterocycles. The summed E-state index contributed by atoms with van der Waals surface area (Å²) in [6.45, 7) is -0.698. The van der Waals surface area contributed by atoms with Gasteiger partial charge in [0.05, 0.1) is 24.7 Å². The molecule has 0 radical (unpaired) electrons. The first-order valence-electron chi connectivity index (χ1n) is 6.76. The Kier molecular flexibility index (Phi) is 6.28. The summed E-state index contributed by atoms with van der Waals surface area (Å²) in [6.07, 6.45) is -0.303. The van der Waals surface area contributed by atoms with Crippen molar-refractivity contribution >= 4 is 27.5 Å². The van der Waals surface area contributed by atoms with E-state index in [-0.39, 0.29) is 12.3 Å². The number of carbonyl (C=O) groups excluding carboxylic acids is 1. The van der Waals surface area contributed by atoms with Crippen molar-refractivity contribution in [2.24, 2.45) is 16.8 Å². The van der Waals surface area contributed by atoms with Crippen LogP contribution in [0.25, 0.3) is 0 Å². The molecule has 142 valence electrons. The minimum atomic E-state index is -5.25. The summed E-state index contributed by atoms with van der Waals surface area (Å²) in [4.78, 5) is 45.9. The first-order valence-corrected chi connectivity index (χ1v) is 9.78. The van der Waals surface area contributed by atoms with E-state index in [1.165, 1.54) is 12.2 Å². The van der Waals surface area contributed by atoms with Crippen molar-refractivity contribution < 1.29 is 52.1 Å². The summed E-state index contributed by atoms with van der Waals surface area (Å²) in [5.74, 6) is 3.37. The maximum absolute atomic E-state index is 11.9. The second-order valence-corrected chi connectivity index (χ2v) is 7.97. The molecule has 6 N–H and O–H groups in total. The number of rotatable bonds is 6. The number of nitrogens with two attached hydrogens (primary N) is 1. The summed E-state index contributed by atoms with van der Waals surface area (Å²) < 4.78 is 35.3. The highest BCUT2D eigenvalue weighted by Gasteiger charge is 2.42. The Labute approximate surface area is 140 Å². The van der Waals surface area contributed by atoms with Crippen molar-refractivity contribution in [2.45, 2.75) is 24.7 Å². The molecular formula is C10H16N2O11P2. The smallest absolute Gasteiger partial charge is 0.391 e. The zero-order chi connectivity index (χ0) is 18.8. The molecule has 0 spiro atoms. The van der Waals surface area contributed by atoms with Crippen LogP contribution in [0.15, 0.2) is 17.1 Å². The van der Waals surface area contributed by atoms with Crippen LogP contribution in [0, 0.1) is 5.92 Å². The zero-order valence-electron chi connectivity index (χ0n) is 12.4. The first kappa shape index (κ1) is 20.3. The van der Waals surface area contributed by atoms with Gasteiger partial charge in [-0.25, -0.2) is 9.13 Å². The minimum absolute atomic E-state index is 0.00180. The van der Waals surface area contributed by atoms with Crippen LogP contribution in [0.3, 0.4) is 0 Å². The number of aliphatic hydroxyl groups is 1. The molecule has 0 aromatic rings. The maximum atomic E-state index is 11.9. The Morgan fingerprint density at radius 1 is 1.36 bits per heavy atom. The molecule has 2 rings (SSSR count). The molecule has 2 aliphatic rings. The topological polar surface area (TPSA) is 207 Å². The molecule has 0 aromatic carbocycles. The third-order valence-corrected chi connectivity index (χ3v) is 5.49. The van der Waals surface area contributed by atoms with Crippen LogP contribution in [-0.2, 0) is 32.3 Å². The van der Waals surface area contributed by atoms with Crippen molar-refractivity contribution in [3.05, 3.63) is 12.2 Å². The molecule has 13 nitrogen and oxygen atoms in total. The summed E-state index contributed by atoms with van der Waals surface area (Å²) in [5, 5.41) is 9.92. The predicted octanol–water partition coefficient (Wildman–Crippen LogP) is -1.27. The van der Waals surface area contributed by atoms with E-state index in [1.54, 1.807) is 0 Å².